The summed E-state index contributed by atoms with van der Waals surface area (Å²) >= 11 is 0. The molecule has 0 aromatic rings. The van der Waals surface area contributed by atoms with Gasteiger partial charge in [-0.05, 0) is 12.8 Å². The normalized spacial score (nSPS) is 9.27. The number of nitrogens with zero attached hydrogens (tertiary/aromatic N) is 2. The second kappa shape index (κ2) is 5.82. The number of hydrazone groups is 1. The van der Waals surface area contributed by atoms with Crippen molar-refractivity contribution in [3.8, 4) is 0 Å². The SMILES string of the molecule is CCCC(CCC)=N[N+](=O)[O-]. The van der Waals surface area contributed by atoms with E-state index in [2.05, 4.69) is 5.10 Å². The van der Waals surface area contributed by atoms with Gasteiger partial charge in [-0.1, -0.05) is 26.7 Å². The van der Waals surface area contributed by atoms with E-state index >= 15 is 0 Å². The highest BCUT2D eigenvalue weighted by Crippen LogP contribution is 2.00. The highest BCUT2D eigenvalue weighted by atomic mass is 16.7. The molecule has 0 aromatic carbocycles. The van der Waals surface area contributed by atoms with Gasteiger partial charge in [0.15, 0.2) is 5.03 Å². The summed E-state index contributed by atoms with van der Waals surface area (Å²) < 4.78 is 0. The van der Waals surface area contributed by atoms with Gasteiger partial charge in [0, 0.05) is 0 Å². The van der Waals surface area contributed by atoms with Crippen LogP contribution in [0.5, 0.6) is 0 Å². The Balaban J connectivity index is 3.96. The molecule has 0 N–H and O–H groups in total. The molecule has 0 rings (SSSR count). The maximum absolute atomic E-state index is 9.98. The first kappa shape index (κ1) is 10.1. The third-order valence-corrected chi connectivity index (χ3v) is 1.30. The molecule has 4 heteroatoms. The summed E-state index contributed by atoms with van der Waals surface area (Å²) in [6, 6.07) is 0. The van der Waals surface area contributed by atoms with E-state index in [-0.39, 0.29) is 0 Å². The molecule has 0 amide bonds. The fourth-order valence-corrected chi connectivity index (χ4v) is 0.918. The lowest BCUT2D eigenvalue weighted by atomic mass is 10.1. The van der Waals surface area contributed by atoms with E-state index in [4.69, 9.17) is 0 Å². The zero-order valence-electron chi connectivity index (χ0n) is 7.04. The Kier molecular flexibility index (Phi) is 5.33. The second-order valence-electron chi connectivity index (χ2n) is 2.40. The largest absolute Gasteiger partial charge is 0.233 e. The zero-order chi connectivity index (χ0) is 8.69. The minimum Gasteiger partial charge on any atom is -0.233 e. The van der Waals surface area contributed by atoms with Gasteiger partial charge in [-0.25, -0.2) is 10.1 Å². The van der Waals surface area contributed by atoms with E-state index in [1.165, 1.54) is 0 Å². The Labute approximate surface area is 66.4 Å². The fraction of sp³-hybridized carbons (Fsp3) is 0.857. The number of rotatable bonds is 5. The van der Waals surface area contributed by atoms with Gasteiger partial charge >= 0.3 is 0 Å². The lowest BCUT2D eigenvalue weighted by molar-refractivity contribution is -0.485. The predicted octanol–water partition coefficient (Wildman–Crippen LogP) is 2.22. The summed E-state index contributed by atoms with van der Waals surface area (Å²) in [4.78, 5) is 9.98. The molecule has 0 bridgehead atoms. The van der Waals surface area contributed by atoms with Crippen LogP contribution in [-0.4, -0.2) is 10.7 Å². The highest BCUT2D eigenvalue weighted by Gasteiger charge is 2.01. The molecule has 0 saturated carbocycles. The molecule has 64 valence electrons. The molecule has 0 aliphatic rings. The van der Waals surface area contributed by atoms with Gasteiger partial charge in [-0.15, -0.1) is 0 Å². The molecule has 0 aromatic heterocycles. The van der Waals surface area contributed by atoms with Gasteiger partial charge in [0.2, 0.25) is 0 Å². The summed E-state index contributed by atoms with van der Waals surface area (Å²) in [6.07, 6.45) is 3.34. The minimum absolute atomic E-state index is 0.610. The van der Waals surface area contributed by atoms with Crippen LogP contribution in [0.3, 0.4) is 0 Å². The average Bonchev–Trinajstić information content (AvgIpc) is 1.87. The molecule has 0 saturated heterocycles. The topological polar surface area (TPSA) is 55.5 Å². The van der Waals surface area contributed by atoms with Crippen molar-refractivity contribution in [1.29, 1.82) is 0 Å². The number of hydrogen-bond acceptors (Lipinski definition) is 2. The first-order valence-electron chi connectivity index (χ1n) is 3.91. The molecule has 0 fully saturated rings. The van der Waals surface area contributed by atoms with Crippen molar-refractivity contribution >= 4 is 5.71 Å². The van der Waals surface area contributed by atoms with Crippen LogP contribution in [0.4, 0.5) is 0 Å². The number of hydrogen-bond donors (Lipinski definition) is 0. The van der Waals surface area contributed by atoms with Crippen LogP contribution in [0.2, 0.25) is 0 Å². The van der Waals surface area contributed by atoms with Gasteiger partial charge in [0.1, 0.15) is 0 Å². The van der Waals surface area contributed by atoms with E-state index < -0.39 is 5.03 Å². The average molecular weight is 158 g/mol. The van der Waals surface area contributed by atoms with E-state index in [0.717, 1.165) is 25.7 Å². The zero-order valence-corrected chi connectivity index (χ0v) is 7.04. The standard InChI is InChI=1S/C7H14N2O2/c1-3-5-7(6-4-2)8-9(10)11/h3-6H2,1-2H3. The molecule has 0 radical (unpaired) electrons. The first-order chi connectivity index (χ1) is 5.20. The van der Waals surface area contributed by atoms with Crippen molar-refractivity contribution in [2.45, 2.75) is 39.5 Å². The molecule has 0 unspecified atom stereocenters. The molecule has 0 spiro atoms. The lowest BCUT2D eigenvalue weighted by Gasteiger charge is -1.95. The molecule has 0 atom stereocenters. The fourth-order valence-electron chi connectivity index (χ4n) is 0.918. The van der Waals surface area contributed by atoms with E-state index in [0.29, 0.717) is 5.71 Å². The van der Waals surface area contributed by atoms with Crippen LogP contribution >= 0.6 is 0 Å². The Morgan fingerprint density at radius 1 is 1.36 bits per heavy atom. The van der Waals surface area contributed by atoms with Gasteiger partial charge in [0.05, 0.1) is 10.8 Å². The molecule has 0 heterocycles. The van der Waals surface area contributed by atoms with Crippen molar-refractivity contribution in [2.75, 3.05) is 0 Å². The highest BCUT2D eigenvalue weighted by molar-refractivity contribution is 5.83. The Hall–Kier alpha value is -0.930. The molecule has 4 nitrogen and oxygen atoms in total. The molecule has 0 aliphatic carbocycles. The van der Waals surface area contributed by atoms with Crippen molar-refractivity contribution < 1.29 is 5.03 Å². The van der Waals surface area contributed by atoms with Crippen LogP contribution in [0, 0.1) is 10.1 Å². The first-order valence-corrected chi connectivity index (χ1v) is 3.91. The predicted molar refractivity (Wildman–Crippen MR) is 44.2 cm³/mol. The summed E-state index contributed by atoms with van der Waals surface area (Å²) in [5, 5.41) is 12.7. The van der Waals surface area contributed by atoms with Crippen molar-refractivity contribution in [1.82, 2.24) is 0 Å². The Morgan fingerprint density at radius 3 is 2.09 bits per heavy atom. The maximum Gasteiger partial charge on any atom is 0.190 e. The second-order valence-corrected chi connectivity index (χ2v) is 2.40. The third-order valence-electron chi connectivity index (χ3n) is 1.30. The van der Waals surface area contributed by atoms with Gasteiger partial charge in [0.25, 0.3) is 0 Å². The summed E-state index contributed by atoms with van der Waals surface area (Å²) in [6.45, 7) is 3.98. The van der Waals surface area contributed by atoms with Gasteiger partial charge in [-0.3, -0.25) is 0 Å². The monoisotopic (exact) mass is 158 g/mol. The summed E-state index contributed by atoms with van der Waals surface area (Å²) in [5.41, 5.74) is 0.708. The van der Waals surface area contributed by atoms with E-state index in [1.54, 1.807) is 0 Å². The quantitative estimate of drug-likeness (QED) is 0.350. The molecular weight excluding hydrogens is 144 g/mol. The van der Waals surface area contributed by atoms with Gasteiger partial charge in [-0.2, -0.15) is 0 Å². The van der Waals surface area contributed by atoms with E-state index in [1.807, 2.05) is 13.8 Å². The van der Waals surface area contributed by atoms with Crippen LogP contribution in [0.1, 0.15) is 39.5 Å². The Bertz CT molecular complexity index is 147. The summed E-state index contributed by atoms with van der Waals surface area (Å²) in [5.74, 6) is 0. The smallest absolute Gasteiger partial charge is 0.190 e. The van der Waals surface area contributed by atoms with Crippen molar-refractivity contribution in [2.24, 2.45) is 5.10 Å². The molecule has 11 heavy (non-hydrogen) atoms. The minimum atomic E-state index is -0.610. The number of nitro groups is 1. The third kappa shape index (κ3) is 5.51. The van der Waals surface area contributed by atoms with Crippen LogP contribution < -0.4 is 0 Å². The van der Waals surface area contributed by atoms with E-state index in [9.17, 15) is 10.1 Å². The van der Waals surface area contributed by atoms with Crippen molar-refractivity contribution in [3.63, 3.8) is 0 Å². The summed E-state index contributed by atoms with van der Waals surface area (Å²) in [7, 11) is 0. The van der Waals surface area contributed by atoms with Crippen LogP contribution in [0.25, 0.3) is 0 Å². The Morgan fingerprint density at radius 2 is 1.82 bits per heavy atom. The van der Waals surface area contributed by atoms with Gasteiger partial charge < -0.3 is 0 Å². The lowest BCUT2D eigenvalue weighted by Crippen LogP contribution is -2.01. The van der Waals surface area contributed by atoms with Crippen molar-refractivity contribution in [3.05, 3.63) is 10.1 Å². The molecular formula is C7H14N2O2. The van der Waals surface area contributed by atoms with Crippen LogP contribution in [0.15, 0.2) is 5.10 Å². The van der Waals surface area contributed by atoms with Crippen LogP contribution in [-0.2, 0) is 0 Å². The molecule has 0 aliphatic heterocycles. The maximum atomic E-state index is 9.98.